The van der Waals surface area contributed by atoms with E-state index in [0.717, 1.165) is 22.4 Å². The minimum absolute atomic E-state index is 0.151. The molecule has 0 fully saturated rings. The summed E-state index contributed by atoms with van der Waals surface area (Å²) in [5.41, 5.74) is 3.32. The first kappa shape index (κ1) is 15.2. The SMILES string of the molecule is CC(C)c1nn(-c2ccc(Br)cc2)cc1CNCCO. The van der Waals surface area contributed by atoms with E-state index in [1.54, 1.807) is 0 Å². The molecule has 0 unspecified atom stereocenters. The third kappa shape index (κ3) is 3.69. The van der Waals surface area contributed by atoms with Crippen LogP contribution in [0.1, 0.15) is 31.0 Å². The fraction of sp³-hybridized carbons (Fsp3) is 0.400. The Bertz CT molecular complexity index is 549. The summed E-state index contributed by atoms with van der Waals surface area (Å²) in [5.74, 6) is 0.373. The van der Waals surface area contributed by atoms with E-state index in [-0.39, 0.29) is 6.61 Å². The molecule has 0 aliphatic carbocycles. The van der Waals surface area contributed by atoms with Crippen molar-refractivity contribution in [3.63, 3.8) is 0 Å². The molecule has 2 aromatic rings. The van der Waals surface area contributed by atoms with Gasteiger partial charge in [0.15, 0.2) is 0 Å². The monoisotopic (exact) mass is 337 g/mol. The van der Waals surface area contributed by atoms with Gasteiger partial charge in [0.05, 0.1) is 18.0 Å². The minimum Gasteiger partial charge on any atom is -0.395 e. The second-order valence-electron chi connectivity index (χ2n) is 5.02. The van der Waals surface area contributed by atoms with Crippen LogP contribution >= 0.6 is 15.9 Å². The fourth-order valence-corrected chi connectivity index (χ4v) is 2.34. The highest BCUT2D eigenvalue weighted by molar-refractivity contribution is 9.10. The summed E-state index contributed by atoms with van der Waals surface area (Å²) < 4.78 is 2.97. The van der Waals surface area contributed by atoms with Gasteiger partial charge in [0.2, 0.25) is 0 Å². The number of nitrogens with zero attached hydrogens (tertiary/aromatic N) is 2. The largest absolute Gasteiger partial charge is 0.395 e. The number of benzene rings is 1. The molecular formula is C15H20BrN3O. The number of rotatable bonds is 6. The van der Waals surface area contributed by atoms with Crippen LogP contribution in [0.2, 0.25) is 0 Å². The molecule has 0 bridgehead atoms. The van der Waals surface area contributed by atoms with Crippen molar-refractivity contribution < 1.29 is 5.11 Å². The molecular weight excluding hydrogens is 318 g/mol. The summed E-state index contributed by atoms with van der Waals surface area (Å²) >= 11 is 3.44. The Balaban J connectivity index is 2.26. The molecule has 4 nitrogen and oxygen atoms in total. The summed E-state index contributed by atoms with van der Waals surface area (Å²) in [5, 5.41) is 16.7. The van der Waals surface area contributed by atoms with Crippen LogP contribution in [-0.2, 0) is 6.54 Å². The molecule has 108 valence electrons. The van der Waals surface area contributed by atoms with Gasteiger partial charge in [-0.15, -0.1) is 0 Å². The smallest absolute Gasteiger partial charge is 0.0699 e. The van der Waals surface area contributed by atoms with Gasteiger partial charge >= 0.3 is 0 Å². The number of halogens is 1. The molecule has 0 spiro atoms. The summed E-state index contributed by atoms with van der Waals surface area (Å²) in [6.45, 7) is 5.76. The molecule has 0 amide bonds. The molecule has 1 aromatic carbocycles. The van der Waals surface area contributed by atoms with Crippen molar-refractivity contribution >= 4 is 15.9 Å². The van der Waals surface area contributed by atoms with Crippen LogP contribution in [0.3, 0.4) is 0 Å². The number of hydrogen-bond donors (Lipinski definition) is 2. The van der Waals surface area contributed by atoms with Gasteiger partial charge in [-0.25, -0.2) is 4.68 Å². The van der Waals surface area contributed by atoms with E-state index < -0.39 is 0 Å². The third-order valence-corrected chi connectivity index (χ3v) is 3.59. The predicted molar refractivity (Wildman–Crippen MR) is 84.1 cm³/mol. The van der Waals surface area contributed by atoms with Crippen molar-refractivity contribution in [3.8, 4) is 5.69 Å². The van der Waals surface area contributed by atoms with E-state index >= 15 is 0 Å². The lowest BCUT2D eigenvalue weighted by Crippen LogP contribution is -2.18. The summed E-state index contributed by atoms with van der Waals surface area (Å²) in [6, 6.07) is 8.09. The maximum atomic E-state index is 8.84. The molecule has 20 heavy (non-hydrogen) atoms. The van der Waals surface area contributed by atoms with Crippen LogP contribution in [0.4, 0.5) is 0 Å². The zero-order valence-corrected chi connectivity index (χ0v) is 13.4. The Kier molecular flexibility index (Phi) is 5.34. The van der Waals surface area contributed by atoms with Crippen LogP contribution in [0.25, 0.3) is 5.69 Å². The van der Waals surface area contributed by atoms with Gasteiger partial charge in [0.25, 0.3) is 0 Å². The van der Waals surface area contributed by atoms with E-state index in [4.69, 9.17) is 5.11 Å². The molecule has 0 radical (unpaired) electrons. The molecule has 0 aliphatic rings. The zero-order chi connectivity index (χ0) is 14.5. The molecule has 0 aliphatic heterocycles. The number of aromatic nitrogens is 2. The number of aliphatic hydroxyl groups excluding tert-OH is 1. The molecule has 1 aromatic heterocycles. The van der Waals surface area contributed by atoms with E-state index in [2.05, 4.69) is 46.4 Å². The highest BCUT2D eigenvalue weighted by Gasteiger charge is 2.12. The van der Waals surface area contributed by atoms with Gasteiger partial charge in [-0.2, -0.15) is 5.10 Å². The number of nitrogens with one attached hydrogen (secondary N) is 1. The number of aliphatic hydroxyl groups is 1. The maximum Gasteiger partial charge on any atom is 0.0699 e. The molecule has 0 atom stereocenters. The second-order valence-corrected chi connectivity index (χ2v) is 5.93. The fourth-order valence-electron chi connectivity index (χ4n) is 2.07. The van der Waals surface area contributed by atoms with Crippen LogP contribution in [-0.4, -0.2) is 28.0 Å². The van der Waals surface area contributed by atoms with Gasteiger partial charge in [0.1, 0.15) is 0 Å². The van der Waals surface area contributed by atoms with Gasteiger partial charge < -0.3 is 10.4 Å². The van der Waals surface area contributed by atoms with Crippen molar-refractivity contribution in [2.45, 2.75) is 26.3 Å². The highest BCUT2D eigenvalue weighted by Crippen LogP contribution is 2.21. The topological polar surface area (TPSA) is 50.1 Å². The summed E-state index contributed by atoms with van der Waals surface area (Å²) in [4.78, 5) is 0. The zero-order valence-electron chi connectivity index (χ0n) is 11.8. The standard InChI is InChI=1S/C15H20BrN3O/c1-11(2)15-12(9-17-7-8-20)10-19(18-15)14-5-3-13(16)4-6-14/h3-6,10-11,17,20H,7-9H2,1-2H3. The lowest BCUT2D eigenvalue weighted by molar-refractivity contribution is 0.292. The summed E-state index contributed by atoms with van der Waals surface area (Å²) in [6.07, 6.45) is 2.06. The Labute approximate surface area is 127 Å². The Morgan fingerprint density at radius 1 is 1.30 bits per heavy atom. The Morgan fingerprint density at radius 3 is 2.60 bits per heavy atom. The third-order valence-electron chi connectivity index (χ3n) is 3.06. The van der Waals surface area contributed by atoms with E-state index in [9.17, 15) is 0 Å². The first-order valence-electron chi connectivity index (χ1n) is 6.77. The average Bonchev–Trinajstić information content (AvgIpc) is 2.84. The highest BCUT2D eigenvalue weighted by atomic mass is 79.9. The first-order valence-corrected chi connectivity index (χ1v) is 7.57. The number of hydrogen-bond acceptors (Lipinski definition) is 3. The van der Waals surface area contributed by atoms with Crippen molar-refractivity contribution in [1.82, 2.24) is 15.1 Å². The molecule has 0 saturated carbocycles. The molecule has 0 saturated heterocycles. The minimum atomic E-state index is 0.151. The first-order chi connectivity index (χ1) is 9.61. The molecule has 2 N–H and O–H groups in total. The van der Waals surface area contributed by atoms with Crippen LogP contribution in [0, 0.1) is 0 Å². The summed E-state index contributed by atoms with van der Waals surface area (Å²) in [7, 11) is 0. The molecule has 5 heteroatoms. The molecule has 1 heterocycles. The van der Waals surface area contributed by atoms with Gasteiger partial charge in [-0.05, 0) is 30.2 Å². The van der Waals surface area contributed by atoms with Gasteiger partial charge in [-0.3, -0.25) is 0 Å². The van der Waals surface area contributed by atoms with E-state index in [0.29, 0.717) is 12.5 Å². The Morgan fingerprint density at radius 2 is 2.00 bits per heavy atom. The van der Waals surface area contributed by atoms with E-state index in [1.807, 2.05) is 28.9 Å². The lowest BCUT2D eigenvalue weighted by Gasteiger charge is -2.05. The molecule has 2 rings (SSSR count). The van der Waals surface area contributed by atoms with Crippen LogP contribution in [0.15, 0.2) is 34.9 Å². The Hall–Kier alpha value is -1.17. The lowest BCUT2D eigenvalue weighted by atomic mass is 10.1. The van der Waals surface area contributed by atoms with Crippen molar-refractivity contribution in [2.24, 2.45) is 0 Å². The van der Waals surface area contributed by atoms with E-state index in [1.165, 1.54) is 5.56 Å². The quantitative estimate of drug-likeness (QED) is 0.797. The normalized spacial score (nSPS) is 11.2. The van der Waals surface area contributed by atoms with Gasteiger partial charge in [-0.1, -0.05) is 29.8 Å². The predicted octanol–water partition coefficient (Wildman–Crippen LogP) is 2.84. The average molecular weight is 338 g/mol. The second kappa shape index (κ2) is 7.02. The van der Waals surface area contributed by atoms with Crippen molar-refractivity contribution in [1.29, 1.82) is 0 Å². The van der Waals surface area contributed by atoms with Gasteiger partial charge in [0, 0.05) is 29.3 Å². The van der Waals surface area contributed by atoms with Crippen LogP contribution in [0.5, 0.6) is 0 Å². The van der Waals surface area contributed by atoms with Crippen LogP contribution < -0.4 is 5.32 Å². The van der Waals surface area contributed by atoms with Crippen molar-refractivity contribution in [3.05, 3.63) is 46.2 Å². The maximum absolute atomic E-state index is 8.84. The van der Waals surface area contributed by atoms with Crippen molar-refractivity contribution in [2.75, 3.05) is 13.2 Å².